The van der Waals surface area contributed by atoms with E-state index in [1.165, 1.54) is 4.90 Å². The van der Waals surface area contributed by atoms with Crippen molar-refractivity contribution in [2.45, 2.75) is 26.4 Å². The molecule has 4 aromatic rings. The van der Waals surface area contributed by atoms with E-state index in [4.69, 9.17) is 0 Å². The number of aromatic nitrogens is 1. The van der Waals surface area contributed by atoms with Gasteiger partial charge in [0.25, 0.3) is 11.7 Å². The standard InChI is InChI=1S/C31H29N3O3/c1-3-33(4-2)24-17-15-22(16-18-24)28-27(29(35)26-14-9-11-21-10-5-6-13-25(21)26)30(36)31(37)34(28)20-23-12-7-8-19-32-23/h5-19,28,35H,3-4,20H2,1-2H3/b29-27-. The third-order valence-corrected chi connectivity index (χ3v) is 6.98. The normalized spacial score (nSPS) is 16.9. The highest BCUT2D eigenvalue weighted by molar-refractivity contribution is 6.46. The summed E-state index contributed by atoms with van der Waals surface area (Å²) < 4.78 is 0. The van der Waals surface area contributed by atoms with Gasteiger partial charge in [-0.2, -0.15) is 0 Å². The molecule has 1 atom stereocenters. The Labute approximate surface area is 216 Å². The van der Waals surface area contributed by atoms with Crippen LogP contribution in [0.1, 0.15) is 36.7 Å². The number of anilines is 1. The number of likely N-dealkylation sites (tertiary alicyclic amines) is 1. The number of aliphatic hydroxyl groups excluding tert-OH is 1. The lowest BCUT2D eigenvalue weighted by Crippen LogP contribution is -2.29. The molecule has 3 aromatic carbocycles. The summed E-state index contributed by atoms with van der Waals surface area (Å²) in [5.74, 6) is -1.51. The van der Waals surface area contributed by atoms with Crippen LogP contribution in [0.3, 0.4) is 0 Å². The fourth-order valence-corrected chi connectivity index (χ4v) is 5.09. The van der Waals surface area contributed by atoms with E-state index < -0.39 is 17.7 Å². The average molecular weight is 492 g/mol. The second-order valence-electron chi connectivity index (χ2n) is 9.04. The quantitative estimate of drug-likeness (QED) is 0.204. The number of amides is 1. The molecule has 1 N–H and O–H groups in total. The molecule has 1 fully saturated rings. The minimum atomic E-state index is -0.744. The maximum Gasteiger partial charge on any atom is 0.296 e. The summed E-state index contributed by atoms with van der Waals surface area (Å²) in [5, 5.41) is 13.4. The first-order valence-electron chi connectivity index (χ1n) is 12.5. The molecule has 0 saturated carbocycles. The third-order valence-electron chi connectivity index (χ3n) is 6.98. The number of carbonyl (C=O) groups excluding carboxylic acids is 2. The first-order valence-corrected chi connectivity index (χ1v) is 12.5. The number of hydrogen-bond donors (Lipinski definition) is 1. The van der Waals surface area contributed by atoms with Gasteiger partial charge in [0.15, 0.2) is 0 Å². The molecule has 1 unspecified atom stereocenters. The Kier molecular flexibility index (Phi) is 6.73. The number of Topliss-reactive ketones (excluding diaryl/α,β-unsaturated/α-hetero) is 1. The predicted molar refractivity (Wildman–Crippen MR) is 146 cm³/mol. The number of aliphatic hydroxyl groups is 1. The molecule has 0 radical (unpaired) electrons. The topological polar surface area (TPSA) is 73.7 Å². The number of carbonyl (C=O) groups is 2. The van der Waals surface area contributed by atoms with Gasteiger partial charge in [0.2, 0.25) is 0 Å². The fourth-order valence-electron chi connectivity index (χ4n) is 5.09. The number of pyridine rings is 1. The van der Waals surface area contributed by atoms with E-state index in [1.807, 2.05) is 78.9 Å². The van der Waals surface area contributed by atoms with Gasteiger partial charge in [0.1, 0.15) is 5.76 Å². The fraction of sp³-hybridized carbons (Fsp3) is 0.194. The Morgan fingerprint density at radius 3 is 2.30 bits per heavy atom. The minimum absolute atomic E-state index is 0.0906. The van der Waals surface area contributed by atoms with Crippen molar-refractivity contribution in [2.24, 2.45) is 0 Å². The van der Waals surface area contributed by atoms with Crippen molar-refractivity contribution in [1.82, 2.24) is 9.88 Å². The SMILES string of the molecule is CCN(CC)c1ccc(C2/C(=C(/O)c3cccc4ccccc34)C(=O)C(=O)N2Cc2ccccn2)cc1. The molecule has 0 spiro atoms. The zero-order valence-corrected chi connectivity index (χ0v) is 21.0. The summed E-state index contributed by atoms with van der Waals surface area (Å²) in [5.41, 5.74) is 3.10. The van der Waals surface area contributed by atoms with Gasteiger partial charge in [-0.1, -0.05) is 60.7 Å². The average Bonchev–Trinajstić information content (AvgIpc) is 3.19. The molecule has 6 heteroatoms. The van der Waals surface area contributed by atoms with Gasteiger partial charge >= 0.3 is 0 Å². The van der Waals surface area contributed by atoms with Crippen LogP contribution in [-0.4, -0.2) is 39.8 Å². The van der Waals surface area contributed by atoms with Gasteiger partial charge in [0.05, 0.1) is 23.9 Å². The molecule has 1 aliphatic heterocycles. The Bertz CT molecular complexity index is 1470. The number of rotatable bonds is 7. The van der Waals surface area contributed by atoms with Crippen molar-refractivity contribution in [3.8, 4) is 0 Å². The molecule has 6 nitrogen and oxygen atoms in total. The molecule has 2 heterocycles. The van der Waals surface area contributed by atoms with Crippen LogP contribution in [0.25, 0.3) is 16.5 Å². The first-order chi connectivity index (χ1) is 18.0. The summed E-state index contributed by atoms with van der Waals surface area (Å²) >= 11 is 0. The van der Waals surface area contributed by atoms with E-state index in [1.54, 1.807) is 12.3 Å². The lowest BCUT2D eigenvalue weighted by atomic mass is 9.93. The third kappa shape index (κ3) is 4.47. The van der Waals surface area contributed by atoms with Gasteiger partial charge < -0.3 is 14.9 Å². The maximum atomic E-state index is 13.5. The smallest absolute Gasteiger partial charge is 0.296 e. The van der Waals surface area contributed by atoms with Crippen molar-refractivity contribution >= 4 is 33.9 Å². The summed E-state index contributed by atoms with van der Waals surface area (Å²) in [6.45, 7) is 6.09. The molecule has 37 heavy (non-hydrogen) atoms. The van der Waals surface area contributed by atoms with E-state index in [0.717, 1.165) is 35.1 Å². The highest BCUT2D eigenvalue weighted by Crippen LogP contribution is 2.41. The molecule has 1 saturated heterocycles. The first kappa shape index (κ1) is 24.3. The highest BCUT2D eigenvalue weighted by Gasteiger charge is 2.46. The van der Waals surface area contributed by atoms with Crippen LogP contribution in [0, 0.1) is 0 Å². The van der Waals surface area contributed by atoms with Crippen molar-refractivity contribution < 1.29 is 14.7 Å². The summed E-state index contributed by atoms with van der Waals surface area (Å²) in [4.78, 5) is 34.9. The summed E-state index contributed by atoms with van der Waals surface area (Å²) in [7, 11) is 0. The summed E-state index contributed by atoms with van der Waals surface area (Å²) in [6, 6.07) is 25.9. The van der Waals surface area contributed by atoms with E-state index in [2.05, 4.69) is 23.7 Å². The molecule has 1 aromatic heterocycles. The van der Waals surface area contributed by atoms with Crippen molar-refractivity contribution in [3.63, 3.8) is 0 Å². The Hall–Kier alpha value is -4.45. The maximum absolute atomic E-state index is 13.5. The van der Waals surface area contributed by atoms with Gasteiger partial charge in [-0.3, -0.25) is 14.6 Å². The van der Waals surface area contributed by atoms with Crippen molar-refractivity contribution in [3.05, 3.63) is 114 Å². The minimum Gasteiger partial charge on any atom is -0.507 e. The van der Waals surface area contributed by atoms with E-state index in [0.29, 0.717) is 11.3 Å². The van der Waals surface area contributed by atoms with Gasteiger partial charge in [-0.25, -0.2) is 0 Å². The molecule has 1 aliphatic rings. The lowest BCUT2D eigenvalue weighted by molar-refractivity contribution is -0.140. The Morgan fingerprint density at radius 1 is 0.892 bits per heavy atom. The molecule has 186 valence electrons. The second-order valence-corrected chi connectivity index (χ2v) is 9.04. The largest absolute Gasteiger partial charge is 0.507 e. The molecule has 5 rings (SSSR count). The predicted octanol–water partition coefficient (Wildman–Crippen LogP) is 5.70. The van der Waals surface area contributed by atoms with E-state index in [-0.39, 0.29) is 17.9 Å². The number of benzene rings is 3. The number of hydrogen-bond acceptors (Lipinski definition) is 5. The monoisotopic (exact) mass is 491 g/mol. The number of ketones is 1. The van der Waals surface area contributed by atoms with Crippen LogP contribution in [0.2, 0.25) is 0 Å². The lowest BCUT2D eigenvalue weighted by Gasteiger charge is -2.26. The van der Waals surface area contributed by atoms with E-state index in [9.17, 15) is 14.7 Å². The van der Waals surface area contributed by atoms with Crippen LogP contribution < -0.4 is 4.90 Å². The van der Waals surface area contributed by atoms with Crippen LogP contribution in [0.15, 0.2) is 96.7 Å². The molecule has 0 aliphatic carbocycles. The van der Waals surface area contributed by atoms with Gasteiger partial charge in [-0.15, -0.1) is 0 Å². The van der Waals surface area contributed by atoms with Crippen LogP contribution in [0.4, 0.5) is 5.69 Å². The zero-order valence-electron chi connectivity index (χ0n) is 21.0. The van der Waals surface area contributed by atoms with Crippen LogP contribution >= 0.6 is 0 Å². The Morgan fingerprint density at radius 2 is 1.59 bits per heavy atom. The van der Waals surface area contributed by atoms with Gasteiger partial charge in [0, 0.05) is 30.5 Å². The second kappa shape index (κ2) is 10.3. The molecular weight excluding hydrogens is 462 g/mol. The molecule has 1 amide bonds. The van der Waals surface area contributed by atoms with Crippen LogP contribution in [-0.2, 0) is 16.1 Å². The molecule has 0 bridgehead atoms. The van der Waals surface area contributed by atoms with Crippen molar-refractivity contribution in [2.75, 3.05) is 18.0 Å². The zero-order chi connectivity index (χ0) is 25.9. The number of nitrogens with zero attached hydrogens (tertiary/aromatic N) is 3. The van der Waals surface area contributed by atoms with Crippen molar-refractivity contribution in [1.29, 1.82) is 0 Å². The van der Waals surface area contributed by atoms with E-state index >= 15 is 0 Å². The number of fused-ring (bicyclic) bond motifs is 1. The highest BCUT2D eigenvalue weighted by atomic mass is 16.3. The van der Waals surface area contributed by atoms with Crippen LogP contribution in [0.5, 0.6) is 0 Å². The van der Waals surface area contributed by atoms with Gasteiger partial charge in [-0.05, 0) is 54.4 Å². The Balaban J connectivity index is 1.67. The summed E-state index contributed by atoms with van der Waals surface area (Å²) in [6.07, 6.45) is 1.66. The molecular formula is C31H29N3O3.